The van der Waals surface area contributed by atoms with Gasteiger partial charge in [-0.3, -0.25) is 24.2 Å². The molecule has 2 aromatic carbocycles. The van der Waals surface area contributed by atoms with E-state index in [2.05, 4.69) is 9.97 Å². The topological polar surface area (TPSA) is 86.4 Å². The maximum absolute atomic E-state index is 13.3. The van der Waals surface area contributed by atoms with Gasteiger partial charge in [-0.05, 0) is 29.3 Å². The van der Waals surface area contributed by atoms with Gasteiger partial charge in [0.05, 0.1) is 30.4 Å². The number of carbonyl (C=O) groups is 2. The molecule has 6 rings (SSSR count). The second-order valence-electron chi connectivity index (χ2n) is 9.00. The molecule has 0 bridgehead atoms. The quantitative estimate of drug-likeness (QED) is 0.435. The van der Waals surface area contributed by atoms with Crippen molar-refractivity contribution in [2.45, 2.75) is 13.1 Å². The van der Waals surface area contributed by atoms with Crippen LogP contribution in [0.25, 0.3) is 20.7 Å². The van der Waals surface area contributed by atoms with Crippen LogP contribution in [-0.2, 0) is 22.7 Å². The van der Waals surface area contributed by atoms with E-state index < -0.39 is 0 Å². The molecule has 0 aliphatic carbocycles. The SMILES string of the molecule is O=C1[C@H]2CN(Cc3nc4cc(-c5ccc(F)cc5)sc4c(=O)[nH]3)C[C@H]2C(=O)N1Cc1ccccc1. The molecule has 2 atom stereocenters. The molecular weight excluding hydrogens is 467 g/mol. The smallest absolute Gasteiger partial charge is 0.268 e. The zero-order valence-corrected chi connectivity index (χ0v) is 19.4. The number of aromatic amines is 1. The van der Waals surface area contributed by atoms with Gasteiger partial charge in [0.25, 0.3) is 5.56 Å². The fourth-order valence-corrected chi connectivity index (χ4v) is 5.97. The molecule has 176 valence electrons. The van der Waals surface area contributed by atoms with Gasteiger partial charge >= 0.3 is 0 Å². The number of aromatic nitrogens is 2. The molecule has 0 saturated carbocycles. The number of hydrogen-bond acceptors (Lipinski definition) is 6. The van der Waals surface area contributed by atoms with Crippen LogP contribution in [0, 0.1) is 17.7 Å². The number of amides is 2. The van der Waals surface area contributed by atoms with Gasteiger partial charge in [-0.1, -0.05) is 42.5 Å². The summed E-state index contributed by atoms with van der Waals surface area (Å²) in [6.07, 6.45) is 0. The summed E-state index contributed by atoms with van der Waals surface area (Å²) in [5.74, 6) is -0.827. The Hall–Kier alpha value is -3.69. The molecule has 0 unspecified atom stereocenters. The Labute approximate surface area is 203 Å². The van der Waals surface area contributed by atoms with E-state index in [-0.39, 0.29) is 35.0 Å². The van der Waals surface area contributed by atoms with Gasteiger partial charge in [0, 0.05) is 18.0 Å². The summed E-state index contributed by atoms with van der Waals surface area (Å²) < 4.78 is 13.8. The van der Waals surface area contributed by atoms with Crippen molar-refractivity contribution in [1.29, 1.82) is 0 Å². The van der Waals surface area contributed by atoms with E-state index in [4.69, 9.17) is 0 Å². The molecule has 2 amide bonds. The first-order valence-electron chi connectivity index (χ1n) is 11.4. The Bertz CT molecular complexity index is 1470. The Morgan fingerprint density at radius 1 is 0.943 bits per heavy atom. The van der Waals surface area contributed by atoms with Crippen LogP contribution in [-0.4, -0.2) is 44.7 Å². The molecule has 9 heteroatoms. The molecule has 2 fully saturated rings. The molecule has 35 heavy (non-hydrogen) atoms. The first-order chi connectivity index (χ1) is 17.0. The van der Waals surface area contributed by atoms with Crippen molar-refractivity contribution in [3.8, 4) is 10.4 Å². The van der Waals surface area contributed by atoms with Crippen LogP contribution in [0.5, 0.6) is 0 Å². The minimum atomic E-state index is -0.368. The number of fused-ring (bicyclic) bond motifs is 2. The largest absolute Gasteiger partial charge is 0.308 e. The summed E-state index contributed by atoms with van der Waals surface area (Å²) >= 11 is 1.31. The van der Waals surface area contributed by atoms with Crippen LogP contribution in [0.2, 0.25) is 0 Å². The van der Waals surface area contributed by atoms with Gasteiger partial charge in [-0.25, -0.2) is 9.37 Å². The maximum atomic E-state index is 13.3. The van der Waals surface area contributed by atoms with Crippen LogP contribution in [0.1, 0.15) is 11.4 Å². The minimum absolute atomic E-state index is 0.134. The highest BCUT2D eigenvalue weighted by molar-refractivity contribution is 7.22. The van der Waals surface area contributed by atoms with E-state index in [0.29, 0.717) is 42.2 Å². The summed E-state index contributed by atoms with van der Waals surface area (Å²) in [5.41, 5.74) is 2.09. The number of thiophene rings is 1. The average molecular weight is 489 g/mol. The first kappa shape index (κ1) is 21.8. The normalized spacial score (nSPS) is 20.2. The Morgan fingerprint density at radius 3 is 2.31 bits per heavy atom. The summed E-state index contributed by atoms with van der Waals surface area (Å²) in [4.78, 5) is 50.3. The minimum Gasteiger partial charge on any atom is -0.308 e. The number of rotatable bonds is 5. The number of likely N-dealkylation sites (tertiary alicyclic amines) is 2. The van der Waals surface area contributed by atoms with Gasteiger partial charge in [0.1, 0.15) is 16.3 Å². The van der Waals surface area contributed by atoms with Crippen LogP contribution < -0.4 is 5.56 Å². The number of nitrogens with zero attached hydrogens (tertiary/aromatic N) is 3. The number of imide groups is 1. The Balaban J connectivity index is 1.18. The predicted octanol–water partition coefficient (Wildman–Crippen LogP) is 3.41. The first-order valence-corrected chi connectivity index (χ1v) is 12.2. The lowest BCUT2D eigenvalue weighted by atomic mass is 10.00. The van der Waals surface area contributed by atoms with E-state index >= 15 is 0 Å². The fraction of sp³-hybridized carbons (Fsp3) is 0.231. The number of carbonyl (C=O) groups excluding carboxylic acids is 2. The second kappa shape index (κ2) is 8.51. The monoisotopic (exact) mass is 488 g/mol. The zero-order chi connectivity index (χ0) is 24.1. The number of halogens is 1. The molecule has 2 aliphatic rings. The summed E-state index contributed by atoms with van der Waals surface area (Å²) in [6, 6.07) is 17.5. The molecule has 0 spiro atoms. The molecule has 7 nitrogen and oxygen atoms in total. The van der Waals surface area contributed by atoms with E-state index in [1.54, 1.807) is 12.1 Å². The van der Waals surface area contributed by atoms with Crippen molar-refractivity contribution in [3.05, 3.63) is 88.2 Å². The lowest BCUT2D eigenvalue weighted by molar-refractivity contribution is -0.141. The highest BCUT2D eigenvalue weighted by Crippen LogP contribution is 2.35. The Kier molecular flexibility index (Phi) is 5.31. The van der Waals surface area contributed by atoms with Crippen molar-refractivity contribution in [3.63, 3.8) is 0 Å². The second-order valence-corrected chi connectivity index (χ2v) is 10.1. The van der Waals surface area contributed by atoms with Crippen molar-refractivity contribution >= 4 is 33.4 Å². The molecule has 4 heterocycles. The summed E-state index contributed by atoms with van der Waals surface area (Å²) in [7, 11) is 0. The average Bonchev–Trinajstić information content (AvgIpc) is 3.52. The van der Waals surface area contributed by atoms with Crippen molar-refractivity contribution in [2.24, 2.45) is 11.8 Å². The van der Waals surface area contributed by atoms with Crippen molar-refractivity contribution in [2.75, 3.05) is 13.1 Å². The third kappa shape index (κ3) is 3.96. The molecular formula is C26H21FN4O3S. The molecule has 2 aromatic heterocycles. The highest BCUT2D eigenvalue weighted by atomic mass is 32.1. The molecule has 2 aliphatic heterocycles. The maximum Gasteiger partial charge on any atom is 0.268 e. The number of H-pyrrole nitrogens is 1. The van der Waals surface area contributed by atoms with Crippen LogP contribution in [0.3, 0.4) is 0 Å². The van der Waals surface area contributed by atoms with Gasteiger partial charge in [0.15, 0.2) is 0 Å². The van der Waals surface area contributed by atoms with Gasteiger partial charge in [0.2, 0.25) is 11.8 Å². The van der Waals surface area contributed by atoms with Crippen LogP contribution in [0.15, 0.2) is 65.5 Å². The van der Waals surface area contributed by atoms with Crippen molar-refractivity contribution < 1.29 is 14.0 Å². The van der Waals surface area contributed by atoms with Gasteiger partial charge in [-0.15, -0.1) is 11.3 Å². The van der Waals surface area contributed by atoms with E-state index in [1.165, 1.54) is 28.4 Å². The standard InChI is InChI=1S/C26H21FN4O3S/c27-17-8-6-16(7-9-17)21-10-20-23(35-21)24(32)29-22(28-20)14-30-12-18-19(13-30)26(34)31(25(18)33)11-15-4-2-1-3-5-15/h1-10,18-19H,11-14H2,(H,28,29,32)/t18-,19+. The van der Waals surface area contributed by atoms with Crippen molar-refractivity contribution in [1.82, 2.24) is 19.8 Å². The van der Waals surface area contributed by atoms with Gasteiger partial charge in [-0.2, -0.15) is 0 Å². The van der Waals surface area contributed by atoms with E-state index in [0.717, 1.165) is 16.0 Å². The number of benzene rings is 2. The van der Waals surface area contributed by atoms with Crippen LogP contribution >= 0.6 is 11.3 Å². The lowest BCUT2D eigenvalue weighted by Gasteiger charge is -2.20. The lowest BCUT2D eigenvalue weighted by Crippen LogP contribution is -2.35. The third-order valence-electron chi connectivity index (χ3n) is 6.68. The Morgan fingerprint density at radius 2 is 1.63 bits per heavy atom. The molecule has 0 radical (unpaired) electrons. The number of nitrogens with one attached hydrogen (secondary N) is 1. The van der Waals surface area contributed by atoms with E-state index in [1.807, 2.05) is 41.3 Å². The zero-order valence-electron chi connectivity index (χ0n) is 18.6. The number of hydrogen-bond donors (Lipinski definition) is 1. The van der Waals surface area contributed by atoms with Crippen LogP contribution in [0.4, 0.5) is 4.39 Å². The summed E-state index contributed by atoms with van der Waals surface area (Å²) in [5, 5.41) is 0. The third-order valence-corrected chi connectivity index (χ3v) is 7.85. The summed E-state index contributed by atoms with van der Waals surface area (Å²) in [6.45, 7) is 1.55. The predicted molar refractivity (Wildman–Crippen MR) is 130 cm³/mol. The van der Waals surface area contributed by atoms with E-state index in [9.17, 15) is 18.8 Å². The highest BCUT2D eigenvalue weighted by Gasteiger charge is 2.52. The molecule has 1 N–H and O–H groups in total. The van der Waals surface area contributed by atoms with Gasteiger partial charge < -0.3 is 4.98 Å². The fourth-order valence-electron chi connectivity index (χ4n) is 4.98. The molecule has 4 aromatic rings. The molecule has 2 saturated heterocycles.